The molecule has 0 bridgehead atoms. The maximum Gasteiger partial charge on any atom is 0.573 e. The highest BCUT2D eigenvalue weighted by atomic mass is 32.2. The molecule has 1 saturated carbocycles. The highest BCUT2D eigenvalue weighted by Gasteiger charge is 2.40. The zero-order chi connectivity index (χ0) is 12.7. The molecule has 0 saturated heterocycles. The van der Waals surface area contributed by atoms with Gasteiger partial charge in [0.05, 0.1) is 5.25 Å². The number of para-hydroxylation sites is 1. The van der Waals surface area contributed by atoms with Crippen molar-refractivity contribution in [2.45, 2.75) is 29.3 Å². The van der Waals surface area contributed by atoms with E-state index in [0.29, 0.717) is 12.8 Å². The van der Waals surface area contributed by atoms with Gasteiger partial charge in [-0.05, 0) is 25.0 Å². The Labute approximate surface area is 96.1 Å². The Morgan fingerprint density at radius 1 is 1.18 bits per heavy atom. The van der Waals surface area contributed by atoms with Crippen molar-refractivity contribution < 1.29 is 26.3 Å². The minimum atomic E-state index is -4.89. The van der Waals surface area contributed by atoms with Crippen LogP contribution in [-0.4, -0.2) is 20.0 Å². The topological polar surface area (TPSA) is 43.4 Å². The van der Waals surface area contributed by atoms with E-state index in [0.717, 1.165) is 12.1 Å². The van der Waals surface area contributed by atoms with Crippen LogP contribution in [0.25, 0.3) is 0 Å². The van der Waals surface area contributed by atoms with Gasteiger partial charge in [0.2, 0.25) is 0 Å². The van der Waals surface area contributed by atoms with Gasteiger partial charge in [0.25, 0.3) is 0 Å². The number of sulfone groups is 1. The first-order chi connectivity index (χ1) is 7.81. The summed E-state index contributed by atoms with van der Waals surface area (Å²) in [7, 11) is -3.69. The van der Waals surface area contributed by atoms with Crippen molar-refractivity contribution in [2.75, 3.05) is 0 Å². The Bertz CT molecular complexity index is 518. The lowest BCUT2D eigenvalue weighted by Crippen LogP contribution is -2.19. The number of halogens is 3. The summed E-state index contributed by atoms with van der Waals surface area (Å²) < 4.78 is 63.8. The molecule has 17 heavy (non-hydrogen) atoms. The van der Waals surface area contributed by atoms with Gasteiger partial charge < -0.3 is 4.74 Å². The normalized spacial score (nSPS) is 16.9. The summed E-state index contributed by atoms with van der Waals surface area (Å²) in [4.78, 5) is -0.389. The quantitative estimate of drug-likeness (QED) is 0.844. The van der Waals surface area contributed by atoms with Gasteiger partial charge in [-0.2, -0.15) is 0 Å². The average Bonchev–Trinajstić information content (AvgIpc) is 2.98. The molecule has 0 heterocycles. The summed E-state index contributed by atoms with van der Waals surface area (Å²) >= 11 is 0. The fourth-order valence-electron chi connectivity index (χ4n) is 1.45. The molecule has 1 aromatic carbocycles. The van der Waals surface area contributed by atoms with Crippen molar-refractivity contribution in [3.63, 3.8) is 0 Å². The van der Waals surface area contributed by atoms with Gasteiger partial charge in [0, 0.05) is 0 Å². The van der Waals surface area contributed by atoms with Crippen LogP contribution in [0.3, 0.4) is 0 Å². The summed E-state index contributed by atoms with van der Waals surface area (Å²) in [6, 6.07) is 4.81. The van der Waals surface area contributed by atoms with Gasteiger partial charge in [0.1, 0.15) is 10.6 Å². The second kappa shape index (κ2) is 3.90. The van der Waals surface area contributed by atoms with Crippen LogP contribution in [0.4, 0.5) is 13.2 Å². The lowest BCUT2D eigenvalue weighted by atomic mass is 10.3. The molecule has 1 aromatic rings. The first kappa shape index (κ1) is 12.2. The van der Waals surface area contributed by atoms with Crippen molar-refractivity contribution in [3.05, 3.63) is 24.3 Å². The summed E-state index contributed by atoms with van der Waals surface area (Å²) in [5.41, 5.74) is 0. The Kier molecular flexibility index (Phi) is 2.81. The molecule has 0 radical (unpaired) electrons. The second-order valence-electron chi connectivity index (χ2n) is 3.74. The SMILES string of the molecule is O=S(=O)(c1ccccc1OC(F)(F)F)C1CC1. The average molecular weight is 266 g/mol. The monoisotopic (exact) mass is 266 g/mol. The molecule has 0 amide bonds. The summed E-state index contributed by atoms with van der Waals surface area (Å²) in [5, 5.41) is -0.569. The third kappa shape index (κ3) is 2.71. The third-order valence-corrected chi connectivity index (χ3v) is 4.64. The van der Waals surface area contributed by atoms with Crippen LogP contribution in [0.15, 0.2) is 29.2 Å². The molecule has 3 nitrogen and oxygen atoms in total. The Hall–Kier alpha value is -1.24. The second-order valence-corrected chi connectivity index (χ2v) is 5.94. The molecular weight excluding hydrogens is 257 g/mol. The predicted octanol–water partition coefficient (Wildman–Crippen LogP) is 2.52. The van der Waals surface area contributed by atoms with Gasteiger partial charge in [-0.1, -0.05) is 12.1 Å². The molecule has 94 valence electrons. The van der Waals surface area contributed by atoms with Crippen LogP contribution < -0.4 is 4.74 Å². The maximum absolute atomic E-state index is 12.1. The van der Waals surface area contributed by atoms with E-state index in [1.54, 1.807) is 0 Å². The molecular formula is C10H9F3O3S. The van der Waals surface area contributed by atoms with Gasteiger partial charge >= 0.3 is 6.36 Å². The van der Waals surface area contributed by atoms with Crippen LogP contribution in [0, 0.1) is 0 Å². The number of hydrogen-bond acceptors (Lipinski definition) is 3. The van der Waals surface area contributed by atoms with Gasteiger partial charge in [-0.15, -0.1) is 13.2 Å². The van der Waals surface area contributed by atoms with Gasteiger partial charge in [-0.3, -0.25) is 0 Å². The van der Waals surface area contributed by atoms with Crippen LogP contribution in [-0.2, 0) is 9.84 Å². The Morgan fingerprint density at radius 2 is 1.76 bits per heavy atom. The third-order valence-electron chi connectivity index (χ3n) is 2.34. The highest BCUT2D eigenvalue weighted by Crippen LogP contribution is 2.38. The minimum Gasteiger partial charge on any atom is -0.404 e. The zero-order valence-electron chi connectivity index (χ0n) is 8.57. The summed E-state index contributed by atoms with van der Waals surface area (Å²) in [6.07, 6.45) is -3.92. The zero-order valence-corrected chi connectivity index (χ0v) is 9.38. The molecule has 2 rings (SSSR count). The highest BCUT2D eigenvalue weighted by molar-refractivity contribution is 7.92. The van der Waals surface area contributed by atoms with E-state index in [1.165, 1.54) is 12.1 Å². The number of hydrogen-bond donors (Lipinski definition) is 0. The molecule has 0 N–H and O–H groups in total. The predicted molar refractivity (Wildman–Crippen MR) is 53.3 cm³/mol. The lowest BCUT2D eigenvalue weighted by Gasteiger charge is -2.12. The molecule has 0 aliphatic heterocycles. The molecule has 0 aromatic heterocycles. The number of ether oxygens (including phenoxy) is 1. The first-order valence-electron chi connectivity index (χ1n) is 4.89. The van der Waals surface area contributed by atoms with Gasteiger partial charge in [-0.25, -0.2) is 8.42 Å². The minimum absolute atomic E-state index is 0.389. The van der Waals surface area contributed by atoms with E-state index in [4.69, 9.17) is 0 Å². The Morgan fingerprint density at radius 3 is 2.29 bits per heavy atom. The fraction of sp³-hybridized carbons (Fsp3) is 0.400. The van der Waals surface area contributed by atoms with Crippen LogP contribution in [0.5, 0.6) is 5.75 Å². The molecule has 0 unspecified atom stereocenters. The van der Waals surface area contributed by atoms with Gasteiger partial charge in [0.15, 0.2) is 9.84 Å². The summed E-state index contributed by atoms with van der Waals surface area (Å²) in [6.45, 7) is 0. The molecule has 1 aliphatic rings. The van der Waals surface area contributed by atoms with E-state index < -0.39 is 27.2 Å². The largest absolute Gasteiger partial charge is 0.573 e. The van der Waals surface area contributed by atoms with E-state index >= 15 is 0 Å². The van der Waals surface area contributed by atoms with Crippen LogP contribution >= 0.6 is 0 Å². The van der Waals surface area contributed by atoms with E-state index in [1.807, 2.05) is 0 Å². The number of benzene rings is 1. The molecule has 1 fully saturated rings. The van der Waals surface area contributed by atoms with E-state index in [2.05, 4.69) is 4.74 Å². The van der Waals surface area contributed by atoms with Crippen molar-refractivity contribution >= 4 is 9.84 Å². The van der Waals surface area contributed by atoms with Crippen molar-refractivity contribution in [3.8, 4) is 5.75 Å². The van der Waals surface area contributed by atoms with Crippen molar-refractivity contribution in [1.29, 1.82) is 0 Å². The van der Waals surface area contributed by atoms with E-state index in [-0.39, 0.29) is 4.90 Å². The molecule has 0 spiro atoms. The summed E-state index contributed by atoms with van der Waals surface area (Å²) in [5.74, 6) is -0.660. The smallest absolute Gasteiger partial charge is 0.404 e. The van der Waals surface area contributed by atoms with E-state index in [9.17, 15) is 21.6 Å². The number of alkyl halides is 3. The number of rotatable bonds is 3. The molecule has 7 heteroatoms. The maximum atomic E-state index is 12.1. The van der Waals surface area contributed by atoms with Crippen molar-refractivity contribution in [2.24, 2.45) is 0 Å². The standard InChI is InChI=1S/C10H9F3O3S/c11-10(12,13)16-8-3-1-2-4-9(8)17(14,15)7-5-6-7/h1-4,7H,5-6H2. The lowest BCUT2D eigenvalue weighted by molar-refractivity contribution is -0.275. The first-order valence-corrected chi connectivity index (χ1v) is 6.44. The van der Waals surface area contributed by atoms with Crippen LogP contribution in [0.1, 0.15) is 12.8 Å². The molecule has 1 aliphatic carbocycles. The molecule has 0 atom stereocenters. The fourth-order valence-corrected chi connectivity index (χ4v) is 3.23. The van der Waals surface area contributed by atoms with Crippen LogP contribution in [0.2, 0.25) is 0 Å². The Balaban J connectivity index is 2.41. The van der Waals surface area contributed by atoms with Crippen molar-refractivity contribution in [1.82, 2.24) is 0 Å².